The average molecular weight is 308 g/mol. The topological polar surface area (TPSA) is 94.7 Å². The van der Waals surface area contributed by atoms with Crippen LogP contribution in [0.25, 0.3) is 0 Å². The Morgan fingerprint density at radius 3 is 2.70 bits per heavy atom. The molecular formula is C17H20N6. The highest BCUT2D eigenvalue weighted by Gasteiger charge is 2.28. The summed E-state index contributed by atoms with van der Waals surface area (Å²) in [5, 5.41) is 14.8. The summed E-state index contributed by atoms with van der Waals surface area (Å²) in [5.41, 5.74) is 9.98. The number of aryl methyl sites for hydroxylation is 1. The first-order valence-corrected chi connectivity index (χ1v) is 7.18. The van der Waals surface area contributed by atoms with E-state index in [1.807, 2.05) is 18.2 Å². The van der Waals surface area contributed by atoms with Gasteiger partial charge in [-0.1, -0.05) is 26.1 Å². The molecule has 1 aliphatic rings. The molecular weight excluding hydrogens is 288 g/mol. The lowest BCUT2D eigenvalue weighted by Gasteiger charge is -2.20. The number of benzene rings is 1. The second kappa shape index (κ2) is 6.38. The number of nitrogen functional groups attached to an aromatic ring is 1. The van der Waals surface area contributed by atoms with E-state index in [4.69, 9.17) is 11.6 Å². The fourth-order valence-electron chi connectivity index (χ4n) is 2.41. The number of nitrogens with two attached hydrogens (primary N) is 2. The van der Waals surface area contributed by atoms with Gasteiger partial charge in [-0.15, -0.1) is 5.10 Å². The molecule has 23 heavy (non-hydrogen) atoms. The molecule has 0 atom stereocenters. The first kappa shape index (κ1) is 16.3. The minimum atomic E-state index is 0.464. The van der Waals surface area contributed by atoms with Crippen molar-refractivity contribution in [2.24, 2.45) is 10.9 Å². The number of hydrogen-bond donors (Lipinski definition) is 2. The lowest BCUT2D eigenvalue weighted by Crippen LogP contribution is -2.30. The number of rotatable bonds is 4. The molecule has 2 rings (SSSR count). The van der Waals surface area contributed by atoms with E-state index in [1.165, 1.54) is 5.12 Å². The van der Waals surface area contributed by atoms with Crippen LogP contribution in [0.3, 0.4) is 0 Å². The van der Waals surface area contributed by atoms with Gasteiger partial charge in [-0.05, 0) is 31.0 Å². The van der Waals surface area contributed by atoms with Gasteiger partial charge in [0.05, 0.1) is 17.0 Å². The monoisotopic (exact) mass is 308 g/mol. The van der Waals surface area contributed by atoms with Crippen molar-refractivity contribution in [3.63, 3.8) is 0 Å². The van der Waals surface area contributed by atoms with Crippen molar-refractivity contribution in [3.8, 4) is 6.07 Å². The quantitative estimate of drug-likeness (QED) is 0.506. The van der Waals surface area contributed by atoms with Gasteiger partial charge in [-0.3, -0.25) is 4.90 Å². The van der Waals surface area contributed by atoms with E-state index in [2.05, 4.69) is 31.3 Å². The highest BCUT2D eigenvalue weighted by molar-refractivity contribution is 6.06. The summed E-state index contributed by atoms with van der Waals surface area (Å²) in [4.78, 5) is 1.63. The van der Waals surface area contributed by atoms with Crippen LogP contribution in [0.5, 0.6) is 0 Å². The van der Waals surface area contributed by atoms with Crippen LogP contribution in [-0.2, 0) is 6.42 Å². The number of amidine groups is 1. The largest absolute Gasteiger partial charge is 0.397 e. The zero-order valence-electron chi connectivity index (χ0n) is 13.4. The van der Waals surface area contributed by atoms with Crippen LogP contribution >= 0.6 is 0 Å². The standard InChI is InChI=1S/C17H20N6/c1-5-13-7-8-16(15(19)9-13)23(20)21-17-11(3)14(10-18)12(4)22(17)6-2/h6-9H,2,4-5,19-20H2,1,3H3/b21-17-. The van der Waals surface area contributed by atoms with Crippen LogP contribution in [0, 0.1) is 11.3 Å². The fraction of sp³-hybridized carbons (Fsp3) is 0.176. The summed E-state index contributed by atoms with van der Waals surface area (Å²) < 4.78 is 0. The van der Waals surface area contributed by atoms with Gasteiger partial charge in [-0.2, -0.15) is 10.4 Å². The van der Waals surface area contributed by atoms with Gasteiger partial charge in [0.1, 0.15) is 11.8 Å². The number of hydrazine groups is 1. The zero-order chi connectivity index (χ0) is 17.1. The molecule has 0 aromatic heterocycles. The molecule has 0 fully saturated rings. The van der Waals surface area contributed by atoms with Gasteiger partial charge < -0.3 is 5.73 Å². The summed E-state index contributed by atoms with van der Waals surface area (Å²) >= 11 is 0. The van der Waals surface area contributed by atoms with Crippen molar-refractivity contribution < 1.29 is 0 Å². The van der Waals surface area contributed by atoms with Crippen molar-refractivity contribution in [2.75, 3.05) is 10.9 Å². The molecule has 0 saturated heterocycles. The Morgan fingerprint density at radius 1 is 1.48 bits per heavy atom. The maximum Gasteiger partial charge on any atom is 0.163 e. The van der Waals surface area contributed by atoms with E-state index < -0.39 is 0 Å². The molecule has 0 unspecified atom stereocenters. The van der Waals surface area contributed by atoms with E-state index in [-0.39, 0.29) is 0 Å². The minimum absolute atomic E-state index is 0.464. The second-order valence-corrected chi connectivity index (χ2v) is 5.13. The van der Waals surface area contributed by atoms with E-state index >= 15 is 0 Å². The van der Waals surface area contributed by atoms with E-state index in [0.29, 0.717) is 34.1 Å². The molecule has 1 aromatic rings. The van der Waals surface area contributed by atoms with Gasteiger partial charge in [0.2, 0.25) is 0 Å². The van der Waals surface area contributed by atoms with Gasteiger partial charge in [-0.25, -0.2) is 5.84 Å². The molecule has 118 valence electrons. The summed E-state index contributed by atoms with van der Waals surface area (Å²) in [6, 6.07) is 7.77. The number of anilines is 2. The molecule has 0 aliphatic carbocycles. The van der Waals surface area contributed by atoms with Gasteiger partial charge in [0.25, 0.3) is 0 Å². The SMILES string of the molecule is C=CN1C(=C)C(C#N)=C(C)/C1=N/N(N)c1ccc(CC)cc1N. The first-order valence-electron chi connectivity index (χ1n) is 7.18. The summed E-state index contributed by atoms with van der Waals surface area (Å²) in [6.45, 7) is 11.5. The van der Waals surface area contributed by atoms with E-state index in [9.17, 15) is 5.26 Å². The smallest absolute Gasteiger partial charge is 0.163 e. The highest BCUT2D eigenvalue weighted by atomic mass is 15.6. The van der Waals surface area contributed by atoms with Crippen LogP contribution in [0.15, 0.2) is 59.5 Å². The van der Waals surface area contributed by atoms with Crippen molar-refractivity contribution in [1.29, 1.82) is 5.26 Å². The van der Waals surface area contributed by atoms with Crippen molar-refractivity contribution in [1.82, 2.24) is 4.90 Å². The van der Waals surface area contributed by atoms with Crippen LogP contribution < -0.4 is 16.7 Å². The Labute approximate surface area is 136 Å². The van der Waals surface area contributed by atoms with Crippen molar-refractivity contribution >= 4 is 17.2 Å². The van der Waals surface area contributed by atoms with Gasteiger partial charge >= 0.3 is 0 Å². The zero-order valence-corrected chi connectivity index (χ0v) is 13.4. The number of nitrogens with zero attached hydrogens (tertiary/aromatic N) is 4. The third-order valence-corrected chi connectivity index (χ3v) is 3.76. The number of nitriles is 1. The molecule has 1 heterocycles. The lowest BCUT2D eigenvalue weighted by molar-refractivity contribution is 0.719. The molecule has 1 aliphatic heterocycles. The fourth-order valence-corrected chi connectivity index (χ4v) is 2.41. The lowest BCUT2D eigenvalue weighted by atomic mass is 10.1. The summed E-state index contributed by atoms with van der Waals surface area (Å²) in [6.07, 6.45) is 2.44. The van der Waals surface area contributed by atoms with Gasteiger partial charge in [0, 0.05) is 11.8 Å². The molecule has 0 saturated carbocycles. The average Bonchev–Trinajstić information content (AvgIpc) is 2.76. The molecule has 0 spiro atoms. The predicted octanol–water partition coefficient (Wildman–Crippen LogP) is 2.64. The minimum Gasteiger partial charge on any atom is -0.397 e. The van der Waals surface area contributed by atoms with E-state index in [0.717, 1.165) is 12.0 Å². The summed E-state index contributed by atoms with van der Waals surface area (Å²) in [7, 11) is 0. The molecule has 6 nitrogen and oxygen atoms in total. The van der Waals surface area contributed by atoms with Gasteiger partial charge in [0.15, 0.2) is 5.84 Å². The molecule has 0 bridgehead atoms. The molecule has 4 N–H and O–H groups in total. The second-order valence-electron chi connectivity index (χ2n) is 5.13. The van der Waals surface area contributed by atoms with E-state index in [1.54, 1.807) is 18.0 Å². The highest BCUT2D eigenvalue weighted by Crippen LogP contribution is 2.30. The Morgan fingerprint density at radius 2 is 2.17 bits per heavy atom. The van der Waals surface area contributed by atoms with Crippen molar-refractivity contribution in [2.45, 2.75) is 20.3 Å². The number of allylic oxidation sites excluding steroid dienone is 1. The Bertz CT molecular complexity index is 766. The predicted molar refractivity (Wildman–Crippen MR) is 93.8 cm³/mol. The maximum atomic E-state index is 9.24. The third-order valence-electron chi connectivity index (χ3n) is 3.76. The van der Waals surface area contributed by atoms with Crippen LogP contribution in [0.2, 0.25) is 0 Å². The first-order chi connectivity index (χ1) is 10.9. The third kappa shape index (κ3) is 2.82. The Kier molecular flexibility index (Phi) is 4.53. The maximum absolute atomic E-state index is 9.24. The normalized spacial score (nSPS) is 16.0. The molecule has 1 aromatic carbocycles. The number of hydrogen-bond acceptors (Lipinski definition) is 5. The Hall–Kier alpha value is -3.04. The van der Waals surface area contributed by atoms with Crippen molar-refractivity contribution in [3.05, 3.63) is 60.0 Å². The molecule has 6 heteroatoms. The molecule has 0 radical (unpaired) electrons. The van der Waals surface area contributed by atoms with Crippen LogP contribution in [-0.4, -0.2) is 10.7 Å². The van der Waals surface area contributed by atoms with Crippen LogP contribution in [0.4, 0.5) is 11.4 Å². The Balaban J connectivity index is 2.44. The van der Waals surface area contributed by atoms with Crippen LogP contribution in [0.1, 0.15) is 19.4 Å². The summed E-state index contributed by atoms with van der Waals surface area (Å²) in [5.74, 6) is 6.55. The number of hydrazone groups is 1. The molecule has 0 amide bonds.